The average molecular weight is 389 g/mol. The topological polar surface area (TPSA) is 56.4 Å². The summed E-state index contributed by atoms with van der Waals surface area (Å²) < 4.78 is 0. The van der Waals surface area contributed by atoms with E-state index in [9.17, 15) is 9.59 Å². The molecule has 1 amide bonds. The third-order valence-corrected chi connectivity index (χ3v) is 5.76. The largest absolute Gasteiger partial charge is 0.363 e. The molecule has 1 saturated heterocycles. The van der Waals surface area contributed by atoms with Gasteiger partial charge in [-0.05, 0) is 49.9 Å². The summed E-state index contributed by atoms with van der Waals surface area (Å²) in [4.78, 5) is 32.5. The van der Waals surface area contributed by atoms with Crippen molar-refractivity contribution in [3.63, 3.8) is 0 Å². The minimum Gasteiger partial charge on any atom is -0.363 e. The maximum Gasteiger partial charge on any atom is 0.251 e. The molecule has 2 aromatic carbocycles. The van der Waals surface area contributed by atoms with E-state index in [0.29, 0.717) is 31.5 Å². The second kappa shape index (κ2) is 8.11. The van der Waals surface area contributed by atoms with E-state index in [0.717, 1.165) is 10.9 Å². The van der Waals surface area contributed by atoms with Gasteiger partial charge in [-0.15, -0.1) is 0 Å². The van der Waals surface area contributed by atoms with Crippen molar-refractivity contribution in [1.82, 2.24) is 9.88 Å². The zero-order chi connectivity index (χ0) is 20.4. The molecule has 2 atom stereocenters. The summed E-state index contributed by atoms with van der Waals surface area (Å²) in [7, 11) is 0. The first-order chi connectivity index (χ1) is 14.0. The number of pyridine rings is 1. The molecule has 1 aromatic heterocycles. The number of rotatable bonds is 4. The summed E-state index contributed by atoms with van der Waals surface area (Å²) in [5.41, 5.74) is 2.59. The van der Waals surface area contributed by atoms with Gasteiger partial charge in [-0.1, -0.05) is 36.4 Å². The molecule has 0 aliphatic carbocycles. The van der Waals surface area contributed by atoms with E-state index in [-0.39, 0.29) is 23.6 Å². The fraction of sp³-hybridized carbons (Fsp3) is 0.333. The molecule has 0 spiro atoms. The first kappa shape index (κ1) is 19.2. The maximum absolute atomic E-state index is 12.9. The number of para-hydroxylation sites is 2. The summed E-state index contributed by atoms with van der Waals surface area (Å²) in [5.74, 6) is 0.115. The summed E-state index contributed by atoms with van der Waals surface area (Å²) in [6, 6.07) is 20.5. The SMILES string of the molecule is CC1CN(C(=O)CCc2cc3ccccc3[nH]c2=O)CC(C)N1c1ccccc1. The molecule has 4 rings (SSSR count). The Morgan fingerprint density at radius 2 is 1.66 bits per heavy atom. The van der Waals surface area contributed by atoms with Crippen LogP contribution >= 0.6 is 0 Å². The van der Waals surface area contributed by atoms with Gasteiger partial charge in [0, 0.05) is 48.4 Å². The highest BCUT2D eigenvalue weighted by Crippen LogP contribution is 2.24. The highest BCUT2D eigenvalue weighted by atomic mass is 16.2. The predicted molar refractivity (Wildman–Crippen MR) is 117 cm³/mol. The number of hydrogen-bond donors (Lipinski definition) is 1. The number of carbonyl (C=O) groups is 1. The van der Waals surface area contributed by atoms with Crippen molar-refractivity contribution in [1.29, 1.82) is 0 Å². The van der Waals surface area contributed by atoms with Crippen LogP contribution in [0.2, 0.25) is 0 Å². The number of nitrogens with one attached hydrogen (secondary N) is 1. The molecule has 5 nitrogen and oxygen atoms in total. The van der Waals surface area contributed by atoms with Crippen molar-refractivity contribution in [2.45, 2.75) is 38.8 Å². The second-order valence-corrected chi connectivity index (χ2v) is 7.95. The van der Waals surface area contributed by atoms with Gasteiger partial charge < -0.3 is 14.8 Å². The molecule has 0 radical (unpaired) electrons. The van der Waals surface area contributed by atoms with Crippen molar-refractivity contribution in [2.24, 2.45) is 0 Å². The average Bonchev–Trinajstić information content (AvgIpc) is 2.72. The molecule has 0 saturated carbocycles. The Labute approximate surface area is 171 Å². The Morgan fingerprint density at radius 1 is 1.00 bits per heavy atom. The highest BCUT2D eigenvalue weighted by Gasteiger charge is 2.31. The molecule has 1 aliphatic rings. The van der Waals surface area contributed by atoms with E-state index in [1.807, 2.05) is 53.4 Å². The predicted octanol–water partition coefficient (Wildman–Crippen LogP) is 3.59. The first-order valence-electron chi connectivity index (χ1n) is 10.2. The minimum absolute atomic E-state index is 0.105. The molecule has 2 heterocycles. The number of aromatic nitrogens is 1. The number of nitrogens with zero attached hydrogens (tertiary/aromatic N) is 2. The number of H-pyrrole nitrogens is 1. The fourth-order valence-electron chi connectivity index (χ4n) is 4.41. The van der Waals surface area contributed by atoms with E-state index >= 15 is 0 Å². The molecule has 2 unspecified atom stereocenters. The van der Waals surface area contributed by atoms with Crippen LogP contribution in [0, 0.1) is 0 Å². The number of aryl methyl sites for hydroxylation is 1. The van der Waals surface area contributed by atoms with Gasteiger partial charge in [0.15, 0.2) is 0 Å². The van der Waals surface area contributed by atoms with Crippen LogP contribution in [0.15, 0.2) is 65.5 Å². The van der Waals surface area contributed by atoms with Gasteiger partial charge >= 0.3 is 0 Å². The van der Waals surface area contributed by atoms with Crippen LogP contribution in [0.25, 0.3) is 10.9 Å². The molecular weight excluding hydrogens is 362 g/mol. The van der Waals surface area contributed by atoms with Crippen LogP contribution < -0.4 is 10.5 Å². The molecule has 1 N–H and O–H groups in total. The number of aromatic amines is 1. The number of amides is 1. The summed E-state index contributed by atoms with van der Waals surface area (Å²) >= 11 is 0. The molecule has 5 heteroatoms. The number of fused-ring (bicyclic) bond motifs is 1. The number of benzene rings is 2. The van der Waals surface area contributed by atoms with Crippen LogP contribution in [0.1, 0.15) is 25.8 Å². The van der Waals surface area contributed by atoms with Gasteiger partial charge in [-0.25, -0.2) is 0 Å². The van der Waals surface area contributed by atoms with Gasteiger partial charge in [-0.2, -0.15) is 0 Å². The number of hydrogen-bond acceptors (Lipinski definition) is 3. The molecular formula is C24H27N3O2. The van der Waals surface area contributed by atoms with E-state index in [4.69, 9.17) is 0 Å². The molecule has 1 fully saturated rings. The van der Waals surface area contributed by atoms with Gasteiger partial charge in [0.05, 0.1) is 0 Å². The first-order valence-corrected chi connectivity index (χ1v) is 10.2. The molecule has 29 heavy (non-hydrogen) atoms. The number of piperazine rings is 1. The van der Waals surface area contributed by atoms with Crippen LogP contribution in [-0.2, 0) is 11.2 Å². The molecule has 150 valence electrons. The molecule has 3 aromatic rings. The van der Waals surface area contributed by atoms with Crippen molar-refractivity contribution in [3.05, 3.63) is 76.6 Å². The quantitative estimate of drug-likeness (QED) is 0.742. The minimum atomic E-state index is -0.105. The van der Waals surface area contributed by atoms with Gasteiger partial charge in [-0.3, -0.25) is 9.59 Å². The summed E-state index contributed by atoms with van der Waals surface area (Å²) in [6.45, 7) is 5.73. The standard InChI is InChI=1S/C24H27N3O2/c1-17-15-26(16-18(2)27(17)21-9-4-3-5-10-21)23(28)13-12-20-14-19-8-6-7-11-22(19)25-24(20)29/h3-11,14,17-18H,12-13,15-16H2,1-2H3,(H,25,29). The number of carbonyl (C=O) groups excluding carboxylic acids is 1. The van der Waals surface area contributed by atoms with Crippen LogP contribution in [0.3, 0.4) is 0 Å². The monoisotopic (exact) mass is 389 g/mol. The normalized spacial score (nSPS) is 19.5. The fourth-order valence-corrected chi connectivity index (χ4v) is 4.41. The Bertz CT molecular complexity index is 1050. The Balaban J connectivity index is 1.42. The van der Waals surface area contributed by atoms with E-state index in [1.54, 1.807) is 0 Å². The third-order valence-electron chi connectivity index (χ3n) is 5.76. The van der Waals surface area contributed by atoms with Gasteiger partial charge in [0.2, 0.25) is 5.91 Å². The Morgan fingerprint density at radius 3 is 2.38 bits per heavy atom. The second-order valence-electron chi connectivity index (χ2n) is 7.95. The lowest BCUT2D eigenvalue weighted by Gasteiger charge is -2.46. The lowest BCUT2D eigenvalue weighted by atomic mass is 10.0. The van der Waals surface area contributed by atoms with E-state index in [1.165, 1.54) is 5.69 Å². The molecule has 1 aliphatic heterocycles. The maximum atomic E-state index is 12.9. The molecule has 0 bridgehead atoms. The smallest absolute Gasteiger partial charge is 0.251 e. The number of anilines is 1. The van der Waals surface area contributed by atoms with Crippen molar-refractivity contribution >= 4 is 22.5 Å². The van der Waals surface area contributed by atoms with E-state index < -0.39 is 0 Å². The summed E-state index contributed by atoms with van der Waals surface area (Å²) in [6.07, 6.45) is 0.812. The Hall–Kier alpha value is -3.08. The summed E-state index contributed by atoms with van der Waals surface area (Å²) in [5, 5.41) is 0.994. The van der Waals surface area contributed by atoms with Crippen molar-refractivity contribution < 1.29 is 4.79 Å². The Kier molecular flexibility index (Phi) is 5.38. The van der Waals surface area contributed by atoms with Crippen LogP contribution in [0.5, 0.6) is 0 Å². The zero-order valence-corrected chi connectivity index (χ0v) is 17.0. The third kappa shape index (κ3) is 4.04. The van der Waals surface area contributed by atoms with Crippen molar-refractivity contribution in [3.8, 4) is 0 Å². The highest BCUT2D eigenvalue weighted by molar-refractivity contribution is 5.79. The van der Waals surface area contributed by atoms with Crippen LogP contribution in [-0.4, -0.2) is 41.0 Å². The van der Waals surface area contributed by atoms with Gasteiger partial charge in [0.25, 0.3) is 5.56 Å². The lowest BCUT2D eigenvalue weighted by Crippen LogP contribution is -2.58. The van der Waals surface area contributed by atoms with Crippen molar-refractivity contribution in [2.75, 3.05) is 18.0 Å². The zero-order valence-electron chi connectivity index (χ0n) is 17.0. The van der Waals surface area contributed by atoms with Crippen LogP contribution in [0.4, 0.5) is 5.69 Å². The van der Waals surface area contributed by atoms with Gasteiger partial charge in [0.1, 0.15) is 0 Å². The van der Waals surface area contributed by atoms with E-state index in [2.05, 4.69) is 35.9 Å². The lowest BCUT2D eigenvalue weighted by molar-refractivity contribution is -0.132.